The molecule has 0 spiro atoms. The second-order valence-corrected chi connectivity index (χ2v) is 6.03. The first-order valence-electron chi connectivity index (χ1n) is 8.13. The second-order valence-electron chi connectivity index (χ2n) is 6.03. The van der Waals surface area contributed by atoms with Gasteiger partial charge in [-0.25, -0.2) is 0 Å². The van der Waals surface area contributed by atoms with Gasteiger partial charge in [-0.3, -0.25) is 0 Å². The minimum Gasteiger partial charge on any atom is -0.0988 e. The van der Waals surface area contributed by atoms with Crippen molar-refractivity contribution in [3.05, 3.63) is 89.0 Å². The van der Waals surface area contributed by atoms with Crippen molar-refractivity contribution in [1.82, 2.24) is 0 Å². The Kier molecular flexibility index (Phi) is 5.39. The highest BCUT2D eigenvalue weighted by Gasteiger charge is 2.12. The summed E-state index contributed by atoms with van der Waals surface area (Å²) in [5.41, 5.74) is 10.4. The molecule has 2 aromatic carbocycles. The van der Waals surface area contributed by atoms with Gasteiger partial charge in [-0.2, -0.15) is 0 Å². The molecule has 0 saturated heterocycles. The quantitative estimate of drug-likeness (QED) is 0.544. The van der Waals surface area contributed by atoms with E-state index in [1.165, 1.54) is 44.5 Å². The molecule has 0 aliphatic carbocycles. The van der Waals surface area contributed by atoms with E-state index in [-0.39, 0.29) is 0 Å². The lowest BCUT2D eigenvalue weighted by atomic mass is 9.88. The lowest BCUT2D eigenvalue weighted by Gasteiger charge is -2.17. The van der Waals surface area contributed by atoms with Crippen molar-refractivity contribution in [1.29, 1.82) is 0 Å². The van der Waals surface area contributed by atoms with Crippen LogP contribution in [-0.4, -0.2) is 0 Å². The van der Waals surface area contributed by atoms with Gasteiger partial charge in [0.1, 0.15) is 0 Å². The van der Waals surface area contributed by atoms with Gasteiger partial charge in [-0.1, -0.05) is 61.2 Å². The van der Waals surface area contributed by atoms with Gasteiger partial charge in [-0.05, 0) is 79.1 Å². The van der Waals surface area contributed by atoms with Gasteiger partial charge >= 0.3 is 0 Å². The standard InChI is InChI=1S/C23H26/c1-7-11-20(16(3)8-2)22-14-15-23(19(6)18(22)5)21-13-10-9-12-17(21)4/h7-15H,2H2,1,3-6H3/b11-7-,20-16+. The Morgan fingerprint density at radius 3 is 2.22 bits per heavy atom. The van der Waals surface area contributed by atoms with Gasteiger partial charge in [0.25, 0.3) is 0 Å². The van der Waals surface area contributed by atoms with Crippen molar-refractivity contribution in [2.75, 3.05) is 0 Å². The largest absolute Gasteiger partial charge is 0.0988 e. The summed E-state index contributed by atoms with van der Waals surface area (Å²) in [5, 5.41) is 0. The van der Waals surface area contributed by atoms with Crippen molar-refractivity contribution >= 4 is 5.57 Å². The van der Waals surface area contributed by atoms with Gasteiger partial charge in [0, 0.05) is 0 Å². The molecule has 0 amide bonds. The highest BCUT2D eigenvalue weighted by molar-refractivity contribution is 5.83. The maximum Gasteiger partial charge on any atom is -0.0149 e. The molecule has 0 N–H and O–H groups in total. The monoisotopic (exact) mass is 302 g/mol. The Morgan fingerprint density at radius 2 is 1.61 bits per heavy atom. The van der Waals surface area contributed by atoms with Crippen LogP contribution in [0.1, 0.15) is 36.1 Å². The number of benzene rings is 2. The first kappa shape index (κ1) is 17.0. The summed E-state index contributed by atoms with van der Waals surface area (Å²) >= 11 is 0. The molecule has 0 heterocycles. The maximum absolute atomic E-state index is 3.93. The number of hydrogen-bond acceptors (Lipinski definition) is 0. The van der Waals surface area contributed by atoms with Crippen LogP contribution in [0.5, 0.6) is 0 Å². The zero-order chi connectivity index (χ0) is 17.0. The molecule has 2 aromatic rings. The van der Waals surface area contributed by atoms with E-state index in [4.69, 9.17) is 0 Å². The number of allylic oxidation sites excluding steroid dienone is 5. The molecule has 0 unspecified atom stereocenters. The second kappa shape index (κ2) is 7.28. The van der Waals surface area contributed by atoms with Crippen LogP contribution < -0.4 is 0 Å². The topological polar surface area (TPSA) is 0 Å². The smallest absolute Gasteiger partial charge is 0.0149 e. The van der Waals surface area contributed by atoms with Crippen LogP contribution in [0.2, 0.25) is 0 Å². The van der Waals surface area contributed by atoms with Crippen molar-refractivity contribution in [3.8, 4) is 11.1 Å². The SMILES string of the molecule is C=C/C(C)=C(\C=C/C)c1ccc(-c2ccccc2C)c(C)c1C. The zero-order valence-electron chi connectivity index (χ0n) is 14.9. The zero-order valence-corrected chi connectivity index (χ0v) is 14.9. The third kappa shape index (κ3) is 3.37. The molecule has 0 aliphatic rings. The van der Waals surface area contributed by atoms with Crippen molar-refractivity contribution < 1.29 is 0 Å². The Labute approximate surface area is 140 Å². The van der Waals surface area contributed by atoms with E-state index in [9.17, 15) is 0 Å². The fourth-order valence-electron chi connectivity index (χ4n) is 2.99. The summed E-state index contributed by atoms with van der Waals surface area (Å²) in [6, 6.07) is 13.1. The van der Waals surface area contributed by atoms with Crippen molar-refractivity contribution in [2.24, 2.45) is 0 Å². The summed E-state index contributed by atoms with van der Waals surface area (Å²) in [6.07, 6.45) is 6.19. The summed E-state index contributed by atoms with van der Waals surface area (Å²) in [5.74, 6) is 0. The van der Waals surface area contributed by atoms with Crippen LogP contribution in [-0.2, 0) is 0 Å². The predicted octanol–water partition coefficient (Wildman–Crippen LogP) is 6.81. The Bertz CT molecular complexity index is 786. The van der Waals surface area contributed by atoms with Crippen molar-refractivity contribution in [3.63, 3.8) is 0 Å². The van der Waals surface area contributed by atoms with Crippen LogP contribution >= 0.6 is 0 Å². The van der Waals surface area contributed by atoms with E-state index in [2.05, 4.69) is 89.7 Å². The van der Waals surface area contributed by atoms with Crippen molar-refractivity contribution in [2.45, 2.75) is 34.6 Å². The minimum atomic E-state index is 1.20. The summed E-state index contributed by atoms with van der Waals surface area (Å²) in [6.45, 7) is 14.7. The first-order valence-corrected chi connectivity index (χ1v) is 8.13. The fraction of sp³-hybridized carbons (Fsp3) is 0.217. The first-order chi connectivity index (χ1) is 11.0. The predicted molar refractivity (Wildman–Crippen MR) is 104 cm³/mol. The van der Waals surface area contributed by atoms with Gasteiger partial charge in [-0.15, -0.1) is 0 Å². The minimum absolute atomic E-state index is 1.20. The van der Waals surface area contributed by atoms with E-state index in [1.54, 1.807) is 0 Å². The molecule has 0 heteroatoms. The van der Waals surface area contributed by atoms with Crippen LogP contribution in [0.4, 0.5) is 0 Å². The van der Waals surface area contributed by atoms with E-state index < -0.39 is 0 Å². The lowest BCUT2D eigenvalue weighted by molar-refractivity contribution is 1.30. The van der Waals surface area contributed by atoms with E-state index >= 15 is 0 Å². The molecule has 0 aliphatic heterocycles. The Hall–Kier alpha value is -2.34. The van der Waals surface area contributed by atoms with E-state index in [0.29, 0.717) is 0 Å². The third-order valence-corrected chi connectivity index (χ3v) is 4.58. The summed E-state index contributed by atoms with van der Waals surface area (Å²) in [4.78, 5) is 0. The molecule has 0 atom stereocenters. The molecule has 2 rings (SSSR count). The summed E-state index contributed by atoms with van der Waals surface area (Å²) in [7, 11) is 0. The van der Waals surface area contributed by atoms with Gasteiger partial charge in [0.15, 0.2) is 0 Å². The molecule has 23 heavy (non-hydrogen) atoms. The normalized spacial score (nSPS) is 12.4. The number of hydrogen-bond donors (Lipinski definition) is 0. The molecule has 0 saturated carbocycles. The molecule has 0 radical (unpaired) electrons. The molecule has 118 valence electrons. The molecular weight excluding hydrogens is 276 g/mol. The molecule has 0 aromatic heterocycles. The molecule has 0 nitrogen and oxygen atoms in total. The average molecular weight is 302 g/mol. The van der Waals surface area contributed by atoms with Crippen LogP contribution in [0.25, 0.3) is 16.7 Å². The van der Waals surface area contributed by atoms with Gasteiger partial charge in [0.2, 0.25) is 0 Å². The Balaban J connectivity index is 2.67. The van der Waals surface area contributed by atoms with Gasteiger partial charge < -0.3 is 0 Å². The van der Waals surface area contributed by atoms with Crippen LogP contribution in [0.15, 0.2) is 66.8 Å². The maximum atomic E-state index is 3.93. The fourth-order valence-corrected chi connectivity index (χ4v) is 2.99. The number of rotatable bonds is 4. The number of aryl methyl sites for hydroxylation is 1. The van der Waals surface area contributed by atoms with Crippen LogP contribution in [0, 0.1) is 20.8 Å². The van der Waals surface area contributed by atoms with E-state index in [1.807, 2.05) is 6.08 Å². The highest BCUT2D eigenvalue weighted by atomic mass is 14.2. The molecule has 0 fully saturated rings. The Morgan fingerprint density at radius 1 is 0.913 bits per heavy atom. The third-order valence-electron chi connectivity index (χ3n) is 4.58. The van der Waals surface area contributed by atoms with Crippen LogP contribution in [0.3, 0.4) is 0 Å². The lowest BCUT2D eigenvalue weighted by Crippen LogP contribution is -1.96. The highest BCUT2D eigenvalue weighted by Crippen LogP contribution is 2.33. The molecular formula is C23H26. The van der Waals surface area contributed by atoms with E-state index in [0.717, 1.165) is 0 Å². The average Bonchev–Trinajstić information content (AvgIpc) is 2.56. The van der Waals surface area contributed by atoms with Gasteiger partial charge in [0.05, 0.1) is 0 Å². The summed E-state index contributed by atoms with van der Waals surface area (Å²) < 4.78 is 0. The molecule has 0 bridgehead atoms.